The van der Waals surface area contributed by atoms with Crippen LogP contribution in [0.3, 0.4) is 0 Å². The summed E-state index contributed by atoms with van der Waals surface area (Å²) in [4.78, 5) is 22.4. The van der Waals surface area contributed by atoms with Gasteiger partial charge in [-0.1, -0.05) is 0 Å². The lowest BCUT2D eigenvalue weighted by Crippen LogP contribution is -2.42. The van der Waals surface area contributed by atoms with Crippen LogP contribution in [-0.2, 0) is 0 Å². The van der Waals surface area contributed by atoms with E-state index in [2.05, 4.69) is 9.97 Å². The maximum absolute atomic E-state index is 13.8. The lowest BCUT2D eigenvalue weighted by Gasteiger charge is -2.31. The SMILES string of the molecule is COc1cnc(OC2CCN(C(=O)c3ccc(OC)c(F)c3)CC2)nc1. The molecule has 0 saturated carbocycles. The van der Waals surface area contributed by atoms with Gasteiger partial charge in [0.25, 0.3) is 5.91 Å². The zero-order valence-corrected chi connectivity index (χ0v) is 14.6. The zero-order chi connectivity index (χ0) is 18.5. The average Bonchev–Trinajstić information content (AvgIpc) is 2.68. The lowest BCUT2D eigenvalue weighted by molar-refractivity contribution is 0.0578. The molecule has 0 bridgehead atoms. The number of methoxy groups -OCH3 is 2. The van der Waals surface area contributed by atoms with Crippen molar-refractivity contribution < 1.29 is 23.4 Å². The molecule has 2 aromatic rings. The highest BCUT2D eigenvalue weighted by Crippen LogP contribution is 2.21. The molecule has 0 aliphatic carbocycles. The molecular weight excluding hydrogens is 341 g/mol. The summed E-state index contributed by atoms with van der Waals surface area (Å²) in [6.07, 6.45) is 4.32. The van der Waals surface area contributed by atoms with Crippen LogP contribution < -0.4 is 14.2 Å². The van der Waals surface area contributed by atoms with E-state index in [0.29, 0.717) is 37.2 Å². The van der Waals surface area contributed by atoms with E-state index >= 15 is 0 Å². The van der Waals surface area contributed by atoms with Gasteiger partial charge < -0.3 is 19.1 Å². The summed E-state index contributed by atoms with van der Waals surface area (Å²) in [5, 5.41) is 0. The summed E-state index contributed by atoms with van der Waals surface area (Å²) in [7, 11) is 2.93. The third kappa shape index (κ3) is 4.01. The number of carbonyl (C=O) groups is 1. The van der Waals surface area contributed by atoms with E-state index in [0.717, 1.165) is 0 Å². The standard InChI is InChI=1S/C18H20FN3O4/c1-24-14-10-20-18(21-11-14)26-13-5-7-22(8-6-13)17(23)12-3-4-16(25-2)15(19)9-12/h3-4,9-11,13H,5-8H2,1-2H3. The Labute approximate surface area is 150 Å². The highest BCUT2D eigenvalue weighted by molar-refractivity contribution is 5.94. The maximum Gasteiger partial charge on any atom is 0.316 e. The molecule has 1 saturated heterocycles. The normalized spacial score (nSPS) is 14.8. The van der Waals surface area contributed by atoms with Crippen LogP contribution in [0.2, 0.25) is 0 Å². The smallest absolute Gasteiger partial charge is 0.316 e. The molecule has 0 radical (unpaired) electrons. The molecule has 138 valence electrons. The van der Waals surface area contributed by atoms with Crippen molar-refractivity contribution in [3.63, 3.8) is 0 Å². The van der Waals surface area contributed by atoms with Gasteiger partial charge in [0, 0.05) is 31.5 Å². The van der Waals surface area contributed by atoms with Crippen LogP contribution in [0.4, 0.5) is 4.39 Å². The van der Waals surface area contributed by atoms with Gasteiger partial charge in [-0.25, -0.2) is 4.39 Å². The number of hydrogen-bond acceptors (Lipinski definition) is 6. The van der Waals surface area contributed by atoms with Crippen LogP contribution in [0.1, 0.15) is 23.2 Å². The lowest BCUT2D eigenvalue weighted by atomic mass is 10.1. The van der Waals surface area contributed by atoms with Crippen molar-refractivity contribution >= 4 is 5.91 Å². The van der Waals surface area contributed by atoms with Crippen molar-refractivity contribution in [2.75, 3.05) is 27.3 Å². The first-order valence-electron chi connectivity index (χ1n) is 8.26. The summed E-state index contributed by atoms with van der Waals surface area (Å²) in [6.45, 7) is 1.04. The molecule has 1 fully saturated rings. The van der Waals surface area contributed by atoms with Crippen LogP contribution in [0.5, 0.6) is 17.5 Å². The van der Waals surface area contributed by atoms with Gasteiger partial charge in [0.2, 0.25) is 0 Å². The first kappa shape index (κ1) is 17.9. The van der Waals surface area contributed by atoms with Crippen LogP contribution >= 0.6 is 0 Å². The first-order valence-corrected chi connectivity index (χ1v) is 8.26. The Hall–Kier alpha value is -2.90. The predicted octanol–water partition coefficient (Wildman–Crippen LogP) is 2.32. The number of likely N-dealkylation sites (tertiary alicyclic amines) is 1. The Kier molecular flexibility index (Phi) is 5.50. The fraction of sp³-hybridized carbons (Fsp3) is 0.389. The quantitative estimate of drug-likeness (QED) is 0.814. The van der Waals surface area contributed by atoms with E-state index < -0.39 is 5.82 Å². The molecule has 1 amide bonds. The number of piperidine rings is 1. The Morgan fingerprint density at radius 3 is 2.42 bits per heavy atom. The molecule has 7 nitrogen and oxygen atoms in total. The molecule has 1 aromatic carbocycles. The highest BCUT2D eigenvalue weighted by atomic mass is 19.1. The van der Waals surface area contributed by atoms with Crippen molar-refractivity contribution in [1.82, 2.24) is 14.9 Å². The van der Waals surface area contributed by atoms with Crippen LogP contribution in [-0.4, -0.2) is 54.2 Å². The van der Waals surface area contributed by atoms with Crippen LogP contribution in [0.25, 0.3) is 0 Å². The molecule has 26 heavy (non-hydrogen) atoms. The van der Waals surface area contributed by atoms with E-state index in [9.17, 15) is 9.18 Å². The molecule has 1 aromatic heterocycles. The fourth-order valence-corrected chi connectivity index (χ4v) is 2.78. The summed E-state index contributed by atoms with van der Waals surface area (Å²) in [5.41, 5.74) is 0.307. The van der Waals surface area contributed by atoms with E-state index in [4.69, 9.17) is 14.2 Å². The second kappa shape index (κ2) is 7.99. The molecule has 0 unspecified atom stereocenters. The molecule has 1 aliphatic heterocycles. The van der Waals surface area contributed by atoms with Gasteiger partial charge in [-0.3, -0.25) is 4.79 Å². The van der Waals surface area contributed by atoms with E-state index in [1.54, 1.807) is 30.5 Å². The summed E-state index contributed by atoms with van der Waals surface area (Å²) < 4.78 is 29.4. The number of amides is 1. The van der Waals surface area contributed by atoms with Crippen molar-refractivity contribution in [3.05, 3.63) is 42.0 Å². The van der Waals surface area contributed by atoms with Gasteiger partial charge in [0.15, 0.2) is 17.3 Å². The topological polar surface area (TPSA) is 73.8 Å². The van der Waals surface area contributed by atoms with Gasteiger partial charge in [-0.15, -0.1) is 0 Å². The first-order chi connectivity index (χ1) is 12.6. The number of benzene rings is 1. The molecule has 8 heteroatoms. The maximum atomic E-state index is 13.8. The number of aromatic nitrogens is 2. The number of rotatable bonds is 5. The van der Waals surface area contributed by atoms with E-state index in [-0.39, 0.29) is 23.8 Å². The predicted molar refractivity (Wildman–Crippen MR) is 91.1 cm³/mol. The third-order valence-corrected chi connectivity index (χ3v) is 4.24. The number of carbonyl (C=O) groups excluding carboxylic acids is 1. The summed E-state index contributed by atoms with van der Waals surface area (Å²) in [5.74, 6) is -0.0726. The molecular formula is C18H20FN3O4. The van der Waals surface area contributed by atoms with Gasteiger partial charge in [-0.05, 0) is 18.2 Å². The number of hydrogen-bond donors (Lipinski definition) is 0. The number of ether oxygens (including phenoxy) is 3. The minimum Gasteiger partial charge on any atom is -0.494 e. The Bertz CT molecular complexity index is 762. The summed E-state index contributed by atoms with van der Waals surface area (Å²) >= 11 is 0. The van der Waals surface area contributed by atoms with E-state index in [1.807, 2.05) is 0 Å². The van der Waals surface area contributed by atoms with Crippen molar-refractivity contribution in [2.45, 2.75) is 18.9 Å². The largest absolute Gasteiger partial charge is 0.494 e. The zero-order valence-electron chi connectivity index (χ0n) is 14.6. The molecule has 1 aliphatic rings. The van der Waals surface area contributed by atoms with E-state index in [1.165, 1.54) is 19.2 Å². The second-order valence-electron chi connectivity index (χ2n) is 5.86. The Morgan fingerprint density at radius 2 is 1.85 bits per heavy atom. The minimum absolute atomic E-state index is 0.0694. The van der Waals surface area contributed by atoms with Crippen LogP contribution in [0.15, 0.2) is 30.6 Å². The Morgan fingerprint density at radius 1 is 1.15 bits per heavy atom. The molecule has 3 rings (SSSR count). The molecule has 2 heterocycles. The average molecular weight is 361 g/mol. The van der Waals surface area contributed by atoms with Gasteiger partial charge in [0.05, 0.1) is 26.6 Å². The number of halogens is 1. The van der Waals surface area contributed by atoms with Crippen molar-refractivity contribution in [3.8, 4) is 17.5 Å². The van der Waals surface area contributed by atoms with Gasteiger partial charge >= 0.3 is 6.01 Å². The third-order valence-electron chi connectivity index (χ3n) is 4.24. The number of nitrogens with zero attached hydrogens (tertiary/aromatic N) is 3. The van der Waals surface area contributed by atoms with Gasteiger partial charge in [-0.2, -0.15) is 9.97 Å². The minimum atomic E-state index is -0.548. The Balaban J connectivity index is 1.55. The van der Waals surface area contributed by atoms with Crippen LogP contribution in [0, 0.1) is 5.82 Å². The molecule has 0 atom stereocenters. The van der Waals surface area contributed by atoms with Gasteiger partial charge in [0.1, 0.15) is 6.10 Å². The molecule has 0 N–H and O–H groups in total. The van der Waals surface area contributed by atoms with Crippen molar-refractivity contribution in [1.29, 1.82) is 0 Å². The second-order valence-corrected chi connectivity index (χ2v) is 5.86. The fourth-order valence-electron chi connectivity index (χ4n) is 2.78. The van der Waals surface area contributed by atoms with Crippen molar-refractivity contribution in [2.24, 2.45) is 0 Å². The molecule has 0 spiro atoms. The highest BCUT2D eigenvalue weighted by Gasteiger charge is 2.25. The summed E-state index contributed by atoms with van der Waals surface area (Å²) in [6, 6.07) is 4.51. The monoisotopic (exact) mass is 361 g/mol.